The molecule has 38 heavy (non-hydrogen) atoms. The van der Waals surface area contributed by atoms with Crippen molar-refractivity contribution in [2.24, 2.45) is 5.92 Å². The number of ether oxygens (including phenoxy) is 1. The van der Waals surface area contributed by atoms with E-state index in [1.54, 1.807) is 12.1 Å². The first kappa shape index (κ1) is 26.8. The molecule has 1 aliphatic heterocycles. The van der Waals surface area contributed by atoms with E-state index < -0.39 is 10.0 Å². The van der Waals surface area contributed by atoms with Gasteiger partial charge in [-0.25, -0.2) is 13.1 Å². The lowest BCUT2D eigenvalue weighted by molar-refractivity contribution is 0.242. The minimum absolute atomic E-state index is 0.0246. The molecular formula is C28H33N5O3S2. The molecule has 8 nitrogen and oxygen atoms in total. The van der Waals surface area contributed by atoms with Crippen molar-refractivity contribution in [1.82, 2.24) is 19.8 Å². The van der Waals surface area contributed by atoms with Crippen molar-refractivity contribution in [2.75, 3.05) is 25.4 Å². The first-order chi connectivity index (χ1) is 18.2. The second-order valence-electron chi connectivity index (χ2n) is 10.5. The third-order valence-corrected chi connectivity index (χ3v) is 9.51. The number of benzene rings is 2. The Labute approximate surface area is 228 Å². The molecule has 1 saturated heterocycles. The van der Waals surface area contributed by atoms with Crippen LogP contribution in [0.3, 0.4) is 0 Å². The Bertz CT molecular complexity index is 1460. The average molecular weight is 552 g/mol. The average Bonchev–Trinajstić information content (AvgIpc) is 3.63. The summed E-state index contributed by atoms with van der Waals surface area (Å²) in [6.07, 6.45) is 2.61. The number of sulfonamides is 1. The summed E-state index contributed by atoms with van der Waals surface area (Å²) in [7, 11) is -3.39. The number of nitrogens with one attached hydrogen (secondary N) is 1. The molecule has 2 aliphatic rings. The van der Waals surface area contributed by atoms with Gasteiger partial charge in [0.1, 0.15) is 21.8 Å². The molecule has 0 unspecified atom stereocenters. The molecule has 1 fully saturated rings. The number of hydrogen-bond donors (Lipinski definition) is 1. The molecule has 1 aliphatic carbocycles. The van der Waals surface area contributed by atoms with Gasteiger partial charge in [-0.3, -0.25) is 0 Å². The summed E-state index contributed by atoms with van der Waals surface area (Å²) in [5.74, 6) is 1.31. The molecule has 5 rings (SSSR count). The summed E-state index contributed by atoms with van der Waals surface area (Å²) < 4.78 is 34.5. The molecule has 2 atom stereocenters. The lowest BCUT2D eigenvalue weighted by Crippen LogP contribution is -2.35. The Morgan fingerprint density at radius 1 is 1.21 bits per heavy atom. The van der Waals surface area contributed by atoms with Crippen LogP contribution in [0.15, 0.2) is 36.4 Å². The number of likely N-dealkylation sites (tertiary alicyclic amines) is 1. The van der Waals surface area contributed by atoms with E-state index in [-0.39, 0.29) is 17.9 Å². The van der Waals surface area contributed by atoms with Crippen LogP contribution in [0.2, 0.25) is 0 Å². The van der Waals surface area contributed by atoms with E-state index in [2.05, 4.69) is 32.8 Å². The summed E-state index contributed by atoms with van der Waals surface area (Å²) in [6, 6.07) is 13.4. The van der Waals surface area contributed by atoms with Gasteiger partial charge in [0.15, 0.2) is 0 Å². The van der Waals surface area contributed by atoms with Crippen LogP contribution in [0.25, 0.3) is 21.1 Å². The Morgan fingerprint density at radius 2 is 2.03 bits per heavy atom. The first-order valence-electron chi connectivity index (χ1n) is 13.1. The number of nitrogens with zero attached hydrogens (tertiary/aromatic N) is 4. The minimum Gasteiger partial charge on any atom is -0.490 e. The van der Waals surface area contributed by atoms with E-state index in [1.165, 1.54) is 11.3 Å². The molecule has 0 spiro atoms. The van der Waals surface area contributed by atoms with Crippen molar-refractivity contribution in [2.45, 2.75) is 52.2 Å². The van der Waals surface area contributed by atoms with Gasteiger partial charge in [-0.05, 0) is 74.9 Å². The summed E-state index contributed by atoms with van der Waals surface area (Å²) >= 11 is 1.46. The molecular weight excluding hydrogens is 518 g/mol. The fourth-order valence-corrected chi connectivity index (χ4v) is 7.47. The van der Waals surface area contributed by atoms with E-state index in [1.807, 2.05) is 38.1 Å². The van der Waals surface area contributed by atoms with Crippen molar-refractivity contribution in [3.8, 4) is 33.0 Å². The van der Waals surface area contributed by atoms with E-state index >= 15 is 0 Å². The highest BCUT2D eigenvalue weighted by Crippen LogP contribution is 2.40. The van der Waals surface area contributed by atoms with Crippen LogP contribution in [-0.4, -0.2) is 55.0 Å². The highest BCUT2D eigenvalue weighted by Gasteiger charge is 2.30. The quantitative estimate of drug-likeness (QED) is 0.408. The van der Waals surface area contributed by atoms with Gasteiger partial charge in [-0.15, -0.1) is 10.2 Å². The molecule has 2 heterocycles. The van der Waals surface area contributed by atoms with Crippen LogP contribution < -0.4 is 9.46 Å². The topological polar surface area (TPSA) is 108 Å². The molecule has 3 aromatic rings. The lowest BCUT2D eigenvalue weighted by atomic mass is 10.0. The van der Waals surface area contributed by atoms with Crippen molar-refractivity contribution in [3.63, 3.8) is 0 Å². The molecule has 0 amide bonds. The van der Waals surface area contributed by atoms with Crippen LogP contribution >= 0.6 is 11.3 Å². The third-order valence-electron chi connectivity index (χ3n) is 7.14. The van der Waals surface area contributed by atoms with Gasteiger partial charge >= 0.3 is 0 Å². The first-order valence-corrected chi connectivity index (χ1v) is 15.6. The van der Waals surface area contributed by atoms with Gasteiger partial charge in [0.2, 0.25) is 10.0 Å². The van der Waals surface area contributed by atoms with E-state index in [4.69, 9.17) is 4.74 Å². The summed E-state index contributed by atoms with van der Waals surface area (Å²) in [5, 5.41) is 19.9. The molecule has 0 bridgehead atoms. The van der Waals surface area contributed by atoms with Crippen molar-refractivity contribution in [1.29, 1.82) is 5.26 Å². The zero-order valence-electron chi connectivity index (χ0n) is 22.0. The van der Waals surface area contributed by atoms with E-state index in [0.717, 1.165) is 64.6 Å². The van der Waals surface area contributed by atoms with Crippen molar-refractivity contribution < 1.29 is 13.2 Å². The molecule has 2 aromatic carbocycles. The Morgan fingerprint density at radius 3 is 2.76 bits per heavy atom. The standard InChI is InChI=1S/C28H33N5O3S2/c1-18(2)36-26-10-7-20(15-21(26)16-29)27-30-31-28(37-27)24-6-4-5-23-22(24)8-9-25(23)32-38(34,35)14-13-33-12-11-19(3)17-33/h4-7,10,15,18-19,25,32H,8-9,11-14,17H2,1-3H3/t19-,25+/m1/s1. The van der Waals surface area contributed by atoms with Gasteiger partial charge in [0.05, 0.1) is 17.4 Å². The molecule has 10 heteroatoms. The number of hydrogen-bond acceptors (Lipinski definition) is 8. The molecule has 0 radical (unpaired) electrons. The Hall–Kier alpha value is -2.84. The molecule has 1 aromatic heterocycles. The summed E-state index contributed by atoms with van der Waals surface area (Å²) in [5.41, 5.74) is 4.39. The second-order valence-corrected chi connectivity index (χ2v) is 13.3. The Balaban J connectivity index is 1.32. The third kappa shape index (κ3) is 5.91. The lowest BCUT2D eigenvalue weighted by Gasteiger charge is -2.18. The number of rotatable bonds is 9. The van der Waals surface area contributed by atoms with E-state index in [0.29, 0.717) is 23.8 Å². The highest BCUT2D eigenvalue weighted by molar-refractivity contribution is 7.89. The normalized spacial score (nSPS) is 19.6. The number of fused-ring (bicyclic) bond motifs is 1. The SMILES string of the molecule is CC(C)Oc1ccc(-c2nnc(-c3cccc4c3CC[C@@H]4NS(=O)(=O)CCN3CC[C@@H](C)C3)s2)cc1C#N. The molecule has 0 saturated carbocycles. The number of nitriles is 1. The maximum Gasteiger partial charge on any atom is 0.213 e. The zero-order valence-corrected chi connectivity index (χ0v) is 23.6. The fraction of sp³-hybridized carbons (Fsp3) is 0.464. The minimum atomic E-state index is -3.39. The fourth-order valence-electron chi connectivity index (χ4n) is 5.29. The maximum atomic E-state index is 12.9. The van der Waals surface area contributed by atoms with Crippen LogP contribution in [0.4, 0.5) is 0 Å². The second kappa shape index (κ2) is 11.1. The van der Waals surface area contributed by atoms with Crippen LogP contribution in [-0.2, 0) is 16.4 Å². The van der Waals surface area contributed by atoms with Crippen LogP contribution in [0.1, 0.15) is 56.3 Å². The van der Waals surface area contributed by atoms with Crippen LogP contribution in [0.5, 0.6) is 5.75 Å². The molecule has 200 valence electrons. The van der Waals surface area contributed by atoms with Gasteiger partial charge in [-0.2, -0.15) is 5.26 Å². The molecule has 1 N–H and O–H groups in total. The predicted molar refractivity (Wildman–Crippen MR) is 149 cm³/mol. The monoisotopic (exact) mass is 551 g/mol. The van der Waals surface area contributed by atoms with Gasteiger partial charge in [0, 0.05) is 30.3 Å². The van der Waals surface area contributed by atoms with Crippen molar-refractivity contribution in [3.05, 3.63) is 53.1 Å². The largest absolute Gasteiger partial charge is 0.490 e. The number of aromatic nitrogens is 2. The highest BCUT2D eigenvalue weighted by atomic mass is 32.2. The van der Waals surface area contributed by atoms with E-state index in [9.17, 15) is 13.7 Å². The Kier molecular flexibility index (Phi) is 7.82. The zero-order chi connectivity index (χ0) is 26.9. The van der Waals surface area contributed by atoms with Gasteiger partial charge in [0.25, 0.3) is 0 Å². The van der Waals surface area contributed by atoms with Gasteiger partial charge in [-0.1, -0.05) is 36.5 Å². The van der Waals surface area contributed by atoms with Crippen LogP contribution in [0, 0.1) is 17.2 Å². The summed E-state index contributed by atoms with van der Waals surface area (Å²) in [6.45, 7) is 8.59. The van der Waals surface area contributed by atoms with Gasteiger partial charge < -0.3 is 9.64 Å². The summed E-state index contributed by atoms with van der Waals surface area (Å²) in [4.78, 5) is 2.24. The maximum absolute atomic E-state index is 12.9. The predicted octanol–water partition coefficient (Wildman–Crippen LogP) is 4.78. The van der Waals surface area contributed by atoms with Crippen molar-refractivity contribution >= 4 is 21.4 Å². The smallest absolute Gasteiger partial charge is 0.213 e.